The average Bonchev–Trinajstić information content (AvgIpc) is 3.51. The van der Waals surface area contributed by atoms with Gasteiger partial charge in [0.25, 0.3) is 0 Å². The Bertz CT molecular complexity index is 1470. The minimum atomic E-state index is -0.845. The molecule has 0 aliphatic heterocycles. The van der Waals surface area contributed by atoms with Crippen LogP contribution >= 0.6 is 0 Å². The van der Waals surface area contributed by atoms with Crippen molar-refractivity contribution >= 4 is 11.9 Å². The lowest BCUT2D eigenvalue weighted by atomic mass is 10.0. The number of allylic oxidation sites excluding steroid dienone is 9. The van der Waals surface area contributed by atoms with Crippen molar-refractivity contribution < 1.29 is 24.5 Å². The van der Waals surface area contributed by atoms with Crippen LogP contribution in [-0.2, 0) is 14.3 Å². The Hall–Kier alpha value is -2.44. The third kappa shape index (κ3) is 70.5. The Morgan fingerprint density at radius 1 is 0.329 bits per heavy atom. The lowest BCUT2D eigenvalue weighted by molar-refractivity contribution is -0.143. The highest BCUT2D eigenvalue weighted by Gasteiger charge is 2.18. The second-order valence-corrected chi connectivity index (χ2v) is 26.0. The minimum Gasteiger partial charge on any atom is -0.466 e. The number of rotatable bonds is 71. The molecule has 0 aromatic carbocycles. The minimum absolute atomic E-state index is 0.00622. The summed E-state index contributed by atoms with van der Waals surface area (Å²) in [6.07, 6.45) is 98.9. The van der Waals surface area contributed by atoms with Crippen LogP contribution in [0.2, 0.25) is 0 Å². The number of unbranched alkanes of at least 4 members (excludes halogenated alkanes) is 52. The van der Waals surface area contributed by atoms with Gasteiger partial charge in [-0.1, -0.05) is 357 Å². The van der Waals surface area contributed by atoms with Crippen LogP contribution in [0.25, 0.3) is 0 Å². The molecule has 2 unspecified atom stereocenters. The highest BCUT2D eigenvalue weighted by Crippen LogP contribution is 2.18. The molecule has 0 fully saturated rings. The normalized spacial score (nSPS) is 12.8. The second-order valence-electron chi connectivity index (χ2n) is 26.0. The van der Waals surface area contributed by atoms with E-state index >= 15 is 0 Å². The zero-order valence-corrected chi connectivity index (χ0v) is 57.1. The first kappa shape index (κ1) is 82.6. The predicted octanol–water partition coefficient (Wildman–Crippen LogP) is 25.0. The van der Waals surface area contributed by atoms with Gasteiger partial charge in [0.1, 0.15) is 0 Å². The third-order valence-electron chi connectivity index (χ3n) is 17.5. The maximum absolute atomic E-state index is 12.5. The second kappa shape index (κ2) is 74.0. The van der Waals surface area contributed by atoms with E-state index in [0.717, 1.165) is 57.8 Å². The number of ether oxygens (including phenoxy) is 1. The Morgan fingerprint density at radius 2 is 0.588 bits per heavy atom. The molecule has 0 aromatic heterocycles. The largest absolute Gasteiger partial charge is 0.466 e. The molecule has 0 aliphatic rings. The fraction of sp³-hybridized carbons (Fsp3) is 0.848. The van der Waals surface area contributed by atoms with E-state index in [0.29, 0.717) is 19.4 Å². The van der Waals surface area contributed by atoms with Gasteiger partial charge in [0.05, 0.1) is 25.4 Å². The summed E-state index contributed by atoms with van der Waals surface area (Å²) in [4.78, 5) is 24.6. The van der Waals surface area contributed by atoms with Crippen LogP contribution in [0.3, 0.4) is 0 Å². The van der Waals surface area contributed by atoms with Gasteiger partial charge in [-0.3, -0.25) is 9.59 Å². The molecule has 85 heavy (non-hydrogen) atoms. The number of aliphatic hydroxyl groups is 2. The number of aliphatic hydroxyl groups excluding tert-OH is 2. The Morgan fingerprint density at radius 3 is 0.918 bits per heavy atom. The van der Waals surface area contributed by atoms with E-state index < -0.39 is 12.1 Å². The summed E-state index contributed by atoms with van der Waals surface area (Å²) in [6.45, 7) is 4.90. The molecule has 1 amide bonds. The molecule has 0 heterocycles. The summed E-state index contributed by atoms with van der Waals surface area (Å²) in [6, 6.07) is -0.628. The van der Waals surface area contributed by atoms with Crippen LogP contribution in [-0.4, -0.2) is 47.4 Å². The number of hydrogen-bond donors (Lipinski definition) is 3. The highest BCUT2D eigenvalue weighted by molar-refractivity contribution is 5.76. The molecular formula is C79H147NO5. The standard InChI is InChI=1S/C79H147NO5/c1-3-5-7-9-11-13-15-17-19-21-40-43-47-51-55-59-63-67-71-77(82)76(75-81)80-78(83)72-68-64-60-56-52-48-44-41-37-35-33-31-29-27-25-23-22-24-26-28-30-32-34-36-38-42-46-50-54-58-62-66-70-74-85-79(84)73-69-65-61-57-53-49-45-39-20-18-16-14-12-10-8-6-4-2/h12,14,18,20,26,28,32,34,67,71,76-77,81-82H,3-11,13,15-17,19,21-25,27,29-31,33,35-66,68-70,72-75H2,1-2H3,(H,80,83)/b14-12-,20-18-,28-26-,34-32-,71-67+. The van der Waals surface area contributed by atoms with E-state index in [1.807, 2.05) is 6.08 Å². The van der Waals surface area contributed by atoms with Gasteiger partial charge in [-0.25, -0.2) is 0 Å². The van der Waals surface area contributed by atoms with Crippen LogP contribution in [0.5, 0.6) is 0 Å². The van der Waals surface area contributed by atoms with E-state index in [4.69, 9.17) is 4.74 Å². The van der Waals surface area contributed by atoms with Gasteiger partial charge >= 0.3 is 5.97 Å². The van der Waals surface area contributed by atoms with E-state index in [1.54, 1.807) is 6.08 Å². The molecule has 0 saturated heterocycles. The number of carbonyl (C=O) groups is 2. The van der Waals surface area contributed by atoms with Gasteiger partial charge in [-0.15, -0.1) is 0 Å². The van der Waals surface area contributed by atoms with Crippen molar-refractivity contribution in [1.82, 2.24) is 5.32 Å². The van der Waals surface area contributed by atoms with Crippen molar-refractivity contribution in [2.24, 2.45) is 0 Å². The maximum Gasteiger partial charge on any atom is 0.305 e. The lowest BCUT2D eigenvalue weighted by Gasteiger charge is -2.20. The van der Waals surface area contributed by atoms with Crippen molar-refractivity contribution in [3.8, 4) is 0 Å². The predicted molar refractivity (Wildman–Crippen MR) is 375 cm³/mol. The lowest BCUT2D eigenvalue weighted by Crippen LogP contribution is -2.45. The smallest absolute Gasteiger partial charge is 0.305 e. The average molecular weight is 1190 g/mol. The molecule has 0 spiro atoms. The topological polar surface area (TPSA) is 95.9 Å². The number of carbonyl (C=O) groups excluding carboxylic acids is 2. The molecule has 0 bridgehead atoms. The highest BCUT2D eigenvalue weighted by atomic mass is 16.5. The molecule has 498 valence electrons. The SMILES string of the molecule is CCCCC/C=C\C/C=C\CCCCCCCCCC(=O)OCCCCCCCCCCC/C=C\C/C=C\CCCCCCCCCCCCCCCCCCCC(=O)NC(CO)C(O)/C=C/CCCCCCCCCCCCCCCCCC. The third-order valence-corrected chi connectivity index (χ3v) is 17.5. The molecule has 6 heteroatoms. The van der Waals surface area contributed by atoms with Crippen molar-refractivity contribution in [3.05, 3.63) is 60.8 Å². The van der Waals surface area contributed by atoms with Crippen LogP contribution in [0, 0.1) is 0 Å². The Kier molecular flexibility index (Phi) is 71.9. The molecule has 0 saturated carbocycles. The first-order valence-corrected chi connectivity index (χ1v) is 38.1. The van der Waals surface area contributed by atoms with Gasteiger partial charge in [-0.05, 0) is 96.3 Å². The Balaban J connectivity index is 3.40. The maximum atomic E-state index is 12.5. The zero-order chi connectivity index (χ0) is 61.3. The van der Waals surface area contributed by atoms with Crippen molar-refractivity contribution in [3.63, 3.8) is 0 Å². The van der Waals surface area contributed by atoms with E-state index in [-0.39, 0.29) is 18.5 Å². The van der Waals surface area contributed by atoms with Gasteiger partial charge in [0, 0.05) is 12.8 Å². The molecular weight excluding hydrogens is 1040 g/mol. The summed E-state index contributed by atoms with van der Waals surface area (Å²) < 4.78 is 5.50. The number of nitrogens with one attached hydrogen (secondary N) is 1. The zero-order valence-electron chi connectivity index (χ0n) is 57.1. The van der Waals surface area contributed by atoms with Crippen molar-refractivity contribution in [1.29, 1.82) is 0 Å². The Labute approximate surface area is 530 Å². The van der Waals surface area contributed by atoms with E-state index in [1.165, 1.54) is 321 Å². The van der Waals surface area contributed by atoms with Crippen LogP contribution in [0.4, 0.5) is 0 Å². The molecule has 0 aromatic rings. The number of esters is 1. The first-order valence-electron chi connectivity index (χ1n) is 38.1. The van der Waals surface area contributed by atoms with Crippen LogP contribution in [0.1, 0.15) is 406 Å². The van der Waals surface area contributed by atoms with Gasteiger partial charge < -0.3 is 20.3 Å². The molecule has 0 aliphatic carbocycles. The fourth-order valence-electron chi connectivity index (χ4n) is 11.7. The summed E-state index contributed by atoms with van der Waals surface area (Å²) >= 11 is 0. The van der Waals surface area contributed by atoms with Gasteiger partial charge in [0.2, 0.25) is 5.91 Å². The van der Waals surface area contributed by atoms with Gasteiger partial charge in [-0.2, -0.15) is 0 Å². The fourth-order valence-corrected chi connectivity index (χ4v) is 11.7. The van der Waals surface area contributed by atoms with Gasteiger partial charge in [0.15, 0.2) is 0 Å². The molecule has 2 atom stereocenters. The first-order chi connectivity index (χ1) is 42.0. The summed E-state index contributed by atoms with van der Waals surface area (Å²) in [7, 11) is 0. The van der Waals surface area contributed by atoms with Crippen molar-refractivity contribution in [2.75, 3.05) is 13.2 Å². The van der Waals surface area contributed by atoms with Crippen LogP contribution < -0.4 is 5.32 Å². The van der Waals surface area contributed by atoms with E-state index in [2.05, 4.69) is 67.8 Å². The van der Waals surface area contributed by atoms with Crippen LogP contribution in [0.15, 0.2) is 60.8 Å². The molecule has 3 N–H and O–H groups in total. The van der Waals surface area contributed by atoms with E-state index in [9.17, 15) is 19.8 Å². The van der Waals surface area contributed by atoms with Crippen molar-refractivity contribution in [2.45, 2.75) is 418 Å². The summed E-state index contributed by atoms with van der Waals surface area (Å²) in [5.74, 6) is -0.0571. The summed E-state index contributed by atoms with van der Waals surface area (Å²) in [5.41, 5.74) is 0. The quantitative estimate of drug-likeness (QED) is 0.0320. The number of amides is 1. The number of hydrogen-bond acceptors (Lipinski definition) is 5. The molecule has 6 nitrogen and oxygen atoms in total. The monoisotopic (exact) mass is 1190 g/mol. The molecule has 0 radical (unpaired) electrons. The summed E-state index contributed by atoms with van der Waals surface area (Å²) in [5, 5.41) is 23.2. The molecule has 0 rings (SSSR count).